The molecule has 0 rings (SSSR count). The molecule has 0 heterocycles. The van der Waals surface area contributed by atoms with Gasteiger partial charge < -0.3 is 0 Å². The van der Waals surface area contributed by atoms with E-state index in [1.807, 2.05) is 0 Å². The third-order valence-corrected chi connectivity index (χ3v) is 0.707. The maximum Gasteiger partial charge on any atom is 0 e. The van der Waals surface area contributed by atoms with Gasteiger partial charge in [-0.1, -0.05) is 33.1 Å². The van der Waals surface area contributed by atoms with Crippen molar-refractivity contribution in [1.82, 2.24) is 0 Å². The van der Waals surface area contributed by atoms with Gasteiger partial charge in [0.1, 0.15) is 0 Å². The van der Waals surface area contributed by atoms with Crippen LogP contribution in [0.4, 0.5) is 0 Å². The van der Waals surface area contributed by atoms with Crippen LogP contribution in [0.15, 0.2) is 0 Å². The molecule has 4 radical (unpaired) electrons. The minimum Gasteiger partial charge on any atom is -0.0654 e. The summed E-state index contributed by atoms with van der Waals surface area (Å²) in [5.74, 6) is 0. The van der Waals surface area contributed by atoms with Crippen LogP contribution >= 0.6 is 0 Å². The fourth-order valence-electron chi connectivity index (χ4n) is 0.354. The van der Waals surface area contributed by atoms with Gasteiger partial charge in [0, 0.05) is 23.9 Å². The van der Waals surface area contributed by atoms with Crippen LogP contribution in [0.2, 0.25) is 0 Å². The monoisotopic (exact) mass is 192 g/mol. The molecular formula is C5H12Sn. The molecule has 0 spiro atoms. The van der Waals surface area contributed by atoms with Gasteiger partial charge in [-0.05, 0) is 0 Å². The van der Waals surface area contributed by atoms with Crippen LogP contribution in [0, 0.1) is 0 Å². The predicted molar refractivity (Wildman–Crippen MR) is 31.0 cm³/mol. The number of unbranched alkanes of at least 4 members (excludes halogenated alkanes) is 2. The van der Waals surface area contributed by atoms with E-state index < -0.39 is 0 Å². The van der Waals surface area contributed by atoms with E-state index in [0.717, 1.165) is 0 Å². The maximum absolute atomic E-state index is 2.21. The molecule has 0 bridgehead atoms. The Kier molecular flexibility index (Phi) is 15.3. The van der Waals surface area contributed by atoms with Crippen LogP contribution in [-0.2, 0) is 0 Å². The second-order valence-corrected chi connectivity index (χ2v) is 1.35. The van der Waals surface area contributed by atoms with Gasteiger partial charge in [-0.15, -0.1) is 0 Å². The van der Waals surface area contributed by atoms with Crippen LogP contribution in [0.3, 0.4) is 0 Å². The normalized spacial score (nSPS) is 7.00. The van der Waals surface area contributed by atoms with Gasteiger partial charge in [-0.3, -0.25) is 0 Å². The molecule has 0 amide bonds. The molecule has 0 nitrogen and oxygen atoms in total. The Morgan fingerprint density at radius 3 is 1.33 bits per heavy atom. The van der Waals surface area contributed by atoms with Gasteiger partial charge in [0.2, 0.25) is 0 Å². The molecule has 0 N–H and O–H groups in total. The van der Waals surface area contributed by atoms with Crippen molar-refractivity contribution in [2.75, 3.05) is 0 Å². The Morgan fingerprint density at radius 1 is 1.00 bits per heavy atom. The molecule has 0 aliphatic carbocycles. The fraction of sp³-hybridized carbons (Fsp3) is 1.00. The van der Waals surface area contributed by atoms with Gasteiger partial charge in [0.15, 0.2) is 0 Å². The van der Waals surface area contributed by atoms with Crippen LogP contribution in [-0.4, -0.2) is 23.9 Å². The van der Waals surface area contributed by atoms with E-state index >= 15 is 0 Å². The van der Waals surface area contributed by atoms with Gasteiger partial charge in [-0.25, -0.2) is 0 Å². The number of hydrogen-bond donors (Lipinski definition) is 0. The summed E-state index contributed by atoms with van der Waals surface area (Å²) in [6, 6.07) is 0. The summed E-state index contributed by atoms with van der Waals surface area (Å²) in [7, 11) is 0. The Hall–Kier alpha value is 0.799. The zero-order valence-corrected chi connectivity index (χ0v) is 7.48. The molecule has 1 heteroatoms. The van der Waals surface area contributed by atoms with Crippen molar-refractivity contribution in [1.29, 1.82) is 0 Å². The summed E-state index contributed by atoms with van der Waals surface area (Å²) >= 11 is 0. The Bertz CT molecular complexity index is 11.4. The van der Waals surface area contributed by atoms with Gasteiger partial charge >= 0.3 is 0 Å². The average Bonchev–Trinajstić information content (AvgIpc) is 1.41. The van der Waals surface area contributed by atoms with Crippen molar-refractivity contribution in [2.24, 2.45) is 0 Å². The second-order valence-electron chi connectivity index (χ2n) is 1.35. The SMILES string of the molecule is CCCCC.[Sn]. The largest absolute Gasteiger partial charge is 0.0654 e. The first-order valence-corrected chi connectivity index (χ1v) is 2.41. The summed E-state index contributed by atoms with van der Waals surface area (Å²) < 4.78 is 0. The summed E-state index contributed by atoms with van der Waals surface area (Å²) in [4.78, 5) is 0. The Labute approximate surface area is 57.3 Å². The fourth-order valence-corrected chi connectivity index (χ4v) is 0.354. The third-order valence-electron chi connectivity index (χ3n) is 0.707. The second kappa shape index (κ2) is 9.25. The molecular weight excluding hydrogens is 179 g/mol. The average molecular weight is 191 g/mol. The molecule has 0 aromatic rings. The first-order valence-electron chi connectivity index (χ1n) is 2.41. The first kappa shape index (κ1) is 9.93. The van der Waals surface area contributed by atoms with Crippen molar-refractivity contribution in [3.8, 4) is 0 Å². The minimum absolute atomic E-state index is 0. The van der Waals surface area contributed by atoms with E-state index in [0.29, 0.717) is 0 Å². The maximum atomic E-state index is 2.21. The van der Waals surface area contributed by atoms with Crippen LogP contribution in [0.5, 0.6) is 0 Å². The van der Waals surface area contributed by atoms with E-state index in [1.54, 1.807) is 0 Å². The Balaban J connectivity index is 0. The molecule has 0 saturated carbocycles. The van der Waals surface area contributed by atoms with E-state index in [9.17, 15) is 0 Å². The quantitative estimate of drug-likeness (QED) is 0.583. The van der Waals surface area contributed by atoms with Gasteiger partial charge in [-0.2, -0.15) is 0 Å². The van der Waals surface area contributed by atoms with Crippen molar-refractivity contribution in [2.45, 2.75) is 33.1 Å². The molecule has 0 atom stereocenters. The molecule has 0 aliphatic rings. The van der Waals surface area contributed by atoms with Crippen molar-refractivity contribution in [3.63, 3.8) is 0 Å². The van der Waals surface area contributed by atoms with E-state index in [1.165, 1.54) is 19.3 Å². The smallest absolute Gasteiger partial charge is 0 e. The molecule has 0 aromatic carbocycles. The zero-order valence-electron chi connectivity index (χ0n) is 4.62. The van der Waals surface area contributed by atoms with Crippen LogP contribution < -0.4 is 0 Å². The molecule has 0 aliphatic heterocycles. The topological polar surface area (TPSA) is 0 Å². The molecule has 6 heavy (non-hydrogen) atoms. The van der Waals surface area contributed by atoms with Crippen molar-refractivity contribution in [3.05, 3.63) is 0 Å². The van der Waals surface area contributed by atoms with Crippen molar-refractivity contribution >= 4 is 23.9 Å². The van der Waals surface area contributed by atoms with Gasteiger partial charge in [0.05, 0.1) is 0 Å². The summed E-state index contributed by atoms with van der Waals surface area (Å²) in [6.45, 7) is 4.42. The molecule has 0 saturated heterocycles. The van der Waals surface area contributed by atoms with Crippen molar-refractivity contribution < 1.29 is 0 Å². The van der Waals surface area contributed by atoms with E-state index in [4.69, 9.17) is 0 Å². The third kappa shape index (κ3) is 8.84. The number of hydrogen-bond acceptors (Lipinski definition) is 0. The number of rotatable bonds is 2. The summed E-state index contributed by atoms with van der Waals surface area (Å²) in [6.07, 6.45) is 4.08. The predicted octanol–water partition coefficient (Wildman–Crippen LogP) is 1.82. The van der Waals surface area contributed by atoms with E-state index in [-0.39, 0.29) is 23.9 Å². The molecule has 0 fully saturated rings. The summed E-state index contributed by atoms with van der Waals surface area (Å²) in [5.41, 5.74) is 0. The standard InChI is InChI=1S/C5H12.Sn/c1-3-5-4-2;/h3-5H2,1-2H3;. The van der Waals surface area contributed by atoms with Gasteiger partial charge in [0.25, 0.3) is 0 Å². The van der Waals surface area contributed by atoms with Crippen LogP contribution in [0.1, 0.15) is 33.1 Å². The van der Waals surface area contributed by atoms with E-state index in [2.05, 4.69) is 13.8 Å². The molecule has 36 valence electrons. The molecule has 0 aromatic heterocycles. The zero-order chi connectivity index (χ0) is 4.12. The first-order chi connectivity index (χ1) is 2.41. The van der Waals surface area contributed by atoms with Crippen LogP contribution in [0.25, 0.3) is 0 Å². The Morgan fingerprint density at radius 2 is 1.33 bits per heavy atom. The molecule has 0 unspecified atom stereocenters. The minimum atomic E-state index is 0. The summed E-state index contributed by atoms with van der Waals surface area (Å²) in [5, 5.41) is 0.